The lowest BCUT2D eigenvalue weighted by Gasteiger charge is -2.30. The highest BCUT2D eigenvalue weighted by molar-refractivity contribution is 6.30. The predicted molar refractivity (Wildman–Crippen MR) is 67.7 cm³/mol. The minimum atomic E-state index is -0.517. The van der Waals surface area contributed by atoms with Crippen LogP contribution in [0.15, 0.2) is 18.2 Å². The minimum Gasteiger partial charge on any atom is -0.299 e. The first-order valence-corrected chi connectivity index (χ1v) is 5.85. The third-order valence-electron chi connectivity index (χ3n) is 2.77. The highest BCUT2D eigenvalue weighted by atomic mass is 35.5. The molecule has 1 rings (SSSR count). The molecule has 0 aromatic heterocycles. The van der Waals surface area contributed by atoms with E-state index in [1.807, 2.05) is 13.8 Å². The number of rotatable bonds is 4. The molecule has 0 bridgehead atoms. The fraction of sp³-hybridized carbons (Fsp3) is 0.462. The monoisotopic (exact) mass is 257 g/mol. The Hall–Kier alpha value is -0.930. The van der Waals surface area contributed by atoms with Gasteiger partial charge < -0.3 is 0 Å². The smallest absolute Gasteiger partial charge is 0.146 e. The van der Waals surface area contributed by atoms with E-state index in [2.05, 4.69) is 5.32 Å². The van der Waals surface area contributed by atoms with Crippen LogP contribution in [0.1, 0.15) is 33.3 Å². The zero-order valence-corrected chi connectivity index (χ0v) is 11.2. The van der Waals surface area contributed by atoms with Crippen molar-refractivity contribution < 1.29 is 9.18 Å². The van der Waals surface area contributed by atoms with E-state index < -0.39 is 5.54 Å². The van der Waals surface area contributed by atoms with Crippen molar-refractivity contribution >= 4 is 17.4 Å². The summed E-state index contributed by atoms with van der Waals surface area (Å²) in [4.78, 5) is 11.2. The lowest BCUT2D eigenvalue weighted by atomic mass is 9.93. The molecule has 2 nitrogen and oxygen atoms in total. The molecule has 1 aromatic rings. The van der Waals surface area contributed by atoms with E-state index in [9.17, 15) is 9.18 Å². The van der Waals surface area contributed by atoms with Gasteiger partial charge in [0, 0.05) is 10.6 Å². The summed E-state index contributed by atoms with van der Waals surface area (Å²) in [5, 5.41) is 3.50. The van der Waals surface area contributed by atoms with Crippen LogP contribution in [-0.2, 0) is 10.3 Å². The van der Waals surface area contributed by atoms with Crippen LogP contribution in [0.3, 0.4) is 0 Å². The molecule has 1 aromatic carbocycles. The van der Waals surface area contributed by atoms with Gasteiger partial charge >= 0.3 is 0 Å². The molecule has 0 spiro atoms. The number of ketones is 1. The summed E-state index contributed by atoms with van der Waals surface area (Å²) in [5.41, 5.74) is 0.201. The summed E-state index contributed by atoms with van der Waals surface area (Å²) < 4.78 is 13.3. The van der Waals surface area contributed by atoms with Crippen LogP contribution in [0.25, 0.3) is 0 Å². The van der Waals surface area contributed by atoms with Crippen LogP contribution in [0, 0.1) is 5.82 Å². The highest BCUT2D eigenvalue weighted by Crippen LogP contribution is 2.25. The van der Waals surface area contributed by atoms with Crippen molar-refractivity contribution in [2.45, 2.75) is 39.3 Å². The summed E-state index contributed by atoms with van der Waals surface area (Å²) in [6, 6.07) is 4.10. The van der Waals surface area contributed by atoms with E-state index >= 15 is 0 Å². The fourth-order valence-electron chi connectivity index (χ4n) is 1.64. The van der Waals surface area contributed by atoms with Gasteiger partial charge in [0.25, 0.3) is 0 Å². The highest BCUT2D eigenvalue weighted by Gasteiger charge is 2.24. The van der Waals surface area contributed by atoms with Gasteiger partial charge in [-0.25, -0.2) is 4.39 Å². The first-order valence-electron chi connectivity index (χ1n) is 5.47. The van der Waals surface area contributed by atoms with Crippen LogP contribution in [0.4, 0.5) is 4.39 Å². The van der Waals surface area contributed by atoms with Crippen molar-refractivity contribution in [2.75, 3.05) is 0 Å². The van der Waals surface area contributed by atoms with Crippen LogP contribution in [-0.4, -0.2) is 11.8 Å². The molecule has 0 aliphatic carbocycles. The summed E-state index contributed by atoms with van der Waals surface area (Å²) in [6.07, 6.45) is 0. The first kappa shape index (κ1) is 14.1. The predicted octanol–water partition coefficient (Wildman–Crippen LogP) is 3.28. The van der Waals surface area contributed by atoms with Gasteiger partial charge in [-0.05, 0) is 51.5 Å². The Morgan fingerprint density at radius 1 is 1.41 bits per heavy atom. The van der Waals surface area contributed by atoms with E-state index in [4.69, 9.17) is 11.6 Å². The van der Waals surface area contributed by atoms with Crippen LogP contribution >= 0.6 is 11.6 Å². The minimum absolute atomic E-state index is 0.0422. The number of hydrogen-bond acceptors (Lipinski definition) is 2. The second-order valence-corrected chi connectivity index (χ2v) is 5.20. The standard InChI is InChI=1S/C13H17ClFNO/c1-8(9(2)17)16-13(3,4)10-5-11(14)7-12(15)6-10/h5-8,16H,1-4H3. The van der Waals surface area contributed by atoms with Gasteiger partial charge in [-0.2, -0.15) is 0 Å². The van der Waals surface area contributed by atoms with Gasteiger partial charge in [-0.3, -0.25) is 10.1 Å². The van der Waals surface area contributed by atoms with E-state index in [0.29, 0.717) is 5.02 Å². The largest absolute Gasteiger partial charge is 0.299 e. The summed E-state index contributed by atoms with van der Waals surface area (Å²) in [7, 11) is 0. The van der Waals surface area contributed by atoms with Gasteiger partial charge in [-0.1, -0.05) is 11.6 Å². The number of nitrogens with one attached hydrogen (secondary N) is 1. The molecule has 0 aliphatic rings. The molecule has 17 heavy (non-hydrogen) atoms. The third-order valence-corrected chi connectivity index (χ3v) is 2.99. The molecule has 1 atom stereocenters. The summed E-state index contributed by atoms with van der Waals surface area (Å²) >= 11 is 5.82. The van der Waals surface area contributed by atoms with E-state index in [1.165, 1.54) is 19.1 Å². The quantitative estimate of drug-likeness (QED) is 0.897. The molecule has 4 heteroatoms. The maximum absolute atomic E-state index is 13.3. The number of benzene rings is 1. The SMILES string of the molecule is CC(=O)C(C)NC(C)(C)c1cc(F)cc(Cl)c1. The maximum Gasteiger partial charge on any atom is 0.146 e. The van der Waals surface area contributed by atoms with Crippen molar-refractivity contribution in [3.8, 4) is 0 Å². The van der Waals surface area contributed by atoms with Gasteiger partial charge in [0.05, 0.1) is 6.04 Å². The number of halogens is 2. The molecular formula is C13H17ClFNO. The number of carbonyl (C=O) groups excluding carboxylic acids is 1. The topological polar surface area (TPSA) is 29.1 Å². The van der Waals surface area contributed by atoms with E-state index in [-0.39, 0.29) is 17.6 Å². The molecule has 0 saturated carbocycles. The van der Waals surface area contributed by atoms with Crippen molar-refractivity contribution in [1.29, 1.82) is 0 Å². The van der Waals surface area contributed by atoms with E-state index in [0.717, 1.165) is 5.56 Å². The van der Waals surface area contributed by atoms with Crippen LogP contribution < -0.4 is 5.32 Å². The average molecular weight is 258 g/mol. The molecule has 0 radical (unpaired) electrons. The molecule has 0 amide bonds. The van der Waals surface area contributed by atoms with Crippen LogP contribution in [0.5, 0.6) is 0 Å². The fourth-order valence-corrected chi connectivity index (χ4v) is 1.86. The lowest BCUT2D eigenvalue weighted by Crippen LogP contribution is -2.45. The number of Topliss-reactive ketones (excluding diaryl/α,β-unsaturated/α-hetero) is 1. The molecule has 0 heterocycles. The van der Waals surface area contributed by atoms with Crippen LogP contribution in [0.2, 0.25) is 5.02 Å². The van der Waals surface area contributed by atoms with Crippen molar-refractivity contribution in [2.24, 2.45) is 0 Å². The Morgan fingerprint density at radius 3 is 2.47 bits per heavy atom. The molecule has 1 unspecified atom stereocenters. The maximum atomic E-state index is 13.3. The number of carbonyl (C=O) groups is 1. The Kier molecular flexibility index (Phi) is 4.28. The average Bonchev–Trinajstić information content (AvgIpc) is 2.15. The Bertz CT molecular complexity index is 411. The Labute approximate surface area is 106 Å². The van der Waals surface area contributed by atoms with E-state index in [1.54, 1.807) is 13.0 Å². The summed E-state index contributed by atoms with van der Waals surface area (Å²) in [6.45, 7) is 7.08. The molecule has 94 valence electrons. The number of hydrogen-bond donors (Lipinski definition) is 1. The Morgan fingerprint density at radius 2 is 2.00 bits per heavy atom. The normalized spacial score (nSPS) is 13.5. The van der Waals surface area contributed by atoms with Gasteiger partial charge in [-0.15, -0.1) is 0 Å². The molecule has 1 N–H and O–H groups in total. The molecular weight excluding hydrogens is 241 g/mol. The van der Waals surface area contributed by atoms with Gasteiger partial charge in [0.2, 0.25) is 0 Å². The second-order valence-electron chi connectivity index (χ2n) is 4.76. The van der Waals surface area contributed by atoms with Gasteiger partial charge in [0.15, 0.2) is 0 Å². The lowest BCUT2D eigenvalue weighted by molar-refractivity contribution is -0.119. The van der Waals surface area contributed by atoms with Crippen molar-refractivity contribution in [3.63, 3.8) is 0 Å². The molecule has 0 saturated heterocycles. The second kappa shape index (κ2) is 5.15. The van der Waals surface area contributed by atoms with Crippen molar-refractivity contribution in [3.05, 3.63) is 34.6 Å². The molecule has 0 fully saturated rings. The zero-order valence-electron chi connectivity index (χ0n) is 10.5. The van der Waals surface area contributed by atoms with Gasteiger partial charge in [0.1, 0.15) is 11.6 Å². The third kappa shape index (κ3) is 3.79. The van der Waals surface area contributed by atoms with Crippen molar-refractivity contribution in [1.82, 2.24) is 5.32 Å². The first-order chi connectivity index (χ1) is 7.72. The zero-order chi connectivity index (χ0) is 13.2. The molecule has 0 aliphatic heterocycles. The Balaban J connectivity index is 2.99. The summed E-state index contributed by atoms with van der Waals surface area (Å²) in [5.74, 6) is -0.335.